The van der Waals surface area contributed by atoms with Crippen LogP contribution in [0, 0.1) is 11.3 Å². The lowest BCUT2D eigenvalue weighted by atomic mass is 10.1. The number of ether oxygens (including phenoxy) is 1. The first kappa shape index (κ1) is 27.6. The largest absolute Gasteiger partial charge is 0.497 e. The smallest absolute Gasteiger partial charge is 0.257 e. The minimum atomic E-state index is -0.940. The van der Waals surface area contributed by atoms with Crippen LogP contribution in [0.25, 0.3) is 11.3 Å². The van der Waals surface area contributed by atoms with E-state index in [1.54, 1.807) is 43.5 Å². The highest BCUT2D eigenvalue weighted by molar-refractivity contribution is 8.00. The highest BCUT2D eigenvalue weighted by Crippen LogP contribution is 2.30. The third-order valence-electron chi connectivity index (χ3n) is 6.73. The quantitative estimate of drug-likeness (QED) is 0.207. The SMILES string of the molecule is COc1ccc(-c2ccc(C#N)c(SCC(=O)N(Cc3ccccc3)C3CC(=O)N(c4ccccc4)C3=O)n2)cc1. The second-order valence-electron chi connectivity index (χ2n) is 9.31. The number of methoxy groups -OCH3 is 1. The molecule has 0 saturated carbocycles. The van der Waals surface area contributed by atoms with E-state index in [1.807, 2.05) is 60.7 Å². The summed E-state index contributed by atoms with van der Waals surface area (Å²) >= 11 is 1.13. The van der Waals surface area contributed by atoms with E-state index in [2.05, 4.69) is 11.1 Å². The minimum absolute atomic E-state index is 0.0656. The normalized spacial score (nSPS) is 14.5. The Labute approximate surface area is 242 Å². The molecule has 0 N–H and O–H groups in total. The molecule has 0 spiro atoms. The van der Waals surface area contributed by atoms with Crippen molar-refractivity contribution in [2.45, 2.75) is 24.0 Å². The molecule has 9 heteroatoms. The van der Waals surface area contributed by atoms with Gasteiger partial charge >= 0.3 is 0 Å². The highest BCUT2D eigenvalue weighted by atomic mass is 32.2. The van der Waals surface area contributed by atoms with Crippen LogP contribution in [0.2, 0.25) is 0 Å². The molecule has 3 aromatic carbocycles. The van der Waals surface area contributed by atoms with Crippen molar-refractivity contribution in [3.05, 3.63) is 108 Å². The van der Waals surface area contributed by atoms with Crippen molar-refractivity contribution in [3.63, 3.8) is 0 Å². The summed E-state index contributed by atoms with van der Waals surface area (Å²) in [5.41, 5.74) is 3.14. The van der Waals surface area contributed by atoms with E-state index < -0.39 is 11.9 Å². The minimum Gasteiger partial charge on any atom is -0.497 e. The summed E-state index contributed by atoms with van der Waals surface area (Å²) in [6.07, 6.45) is -0.106. The number of benzene rings is 3. The van der Waals surface area contributed by atoms with Gasteiger partial charge in [0.05, 0.1) is 36.2 Å². The maximum Gasteiger partial charge on any atom is 0.257 e. The van der Waals surface area contributed by atoms with Crippen LogP contribution in [0.3, 0.4) is 0 Å². The van der Waals surface area contributed by atoms with Crippen LogP contribution >= 0.6 is 11.8 Å². The zero-order valence-electron chi connectivity index (χ0n) is 22.3. The van der Waals surface area contributed by atoms with Crippen LogP contribution in [0.4, 0.5) is 5.69 Å². The number of hydrogen-bond donors (Lipinski definition) is 0. The number of hydrogen-bond acceptors (Lipinski definition) is 7. The Morgan fingerprint density at radius 2 is 1.68 bits per heavy atom. The summed E-state index contributed by atoms with van der Waals surface area (Å²) < 4.78 is 5.23. The summed E-state index contributed by atoms with van der Waals surface area (Å²) in [4.78, 5) is 47.5. The number of anilines is 1. The number of nitriles is 1. The molecule has 1 atom stereocenters. The number of nitrogens with zero attached hydrogens (tertiary/aromatic N) is 4. The Balaban J connectivity index is 1.39. The van der Waals surface area contributed by atoms with Crippen molar-refractivity contribution >= 4 is 35.2 Å². The lowest BCUT2D eigenvalue weighted by Crippen LogP contribution is -2.45. The van der Waals surface area contributed by atoms with Crippen LogP contribution in [0.1, 0.15) is 17.5 Å². The lowest BCUT2D eigenvalue weighted by Gasteiger charge is -2.28. The number of amides is 3. The van der Waals surface area contributed by atoms with Gasteiger partial charge in [0.2, 0.25) is 11.8 Å². The number of imide groups is 1. The predicted octanol–water partition coefficient (Wildman–Crippen LogP) is 5.08. The fourth-order valence-electron chi connectivity index (χ4n) is 4.63. The van der Waals surface area contributed by atoms with Crippen LogP contribution < -0.4 is 9.64 Å². The van der Waals surface area contributed by atoms with Crippen molar-refractivity contribution in [2.75, 3.05) is 17.8 Å². The van der Waals surface area contributed by atoms with Crippen molar-refractivity contribution in [1.82, 2.24) is 9.88 Å². The van der Waals surface area contributed by atoms with Crippen LogP contribution in [0.15, 0.2) is 102 Å². The number of thioether (sulfide) groups is 1. The molecular formula is C32H26N4O4S. The number of para-hydroxylation sites is 1. The zero-order valence-corrected chi connectivity index (χ0v) is 23.1. The summed E-state index contributed by atoms with van der Waals surface area (Å²) in [6.45, 7) is 0.164. The fourth-order valence-corrected chi connectivity index (χ4v) is 5.49. The average Bonchev–Trinajstić information content (AvgIpc) is 3.32. The Morgan fingerprint density at radius 1 is 1.00 bits per heavy atom. The van der Waals surface area contributed by atoms with E-state index in [1.165, 1.54) is 4.90 Å². The van der Waals surface area contributed by atoms with E-state index in [-0.39, 0.29) is 30.5 Å². The van der Waals surface area contributed by atoms with Crippen molar-refractivity contribution in [3.8, 4) is 23.1 Å². The fraction of sp³-hybridized carbons (Fsp3) is 0.156. The molecule has 1 unspecified atom stereocenters. The van der Waals surface area contributed by atoms with Gasteiger partial charge in [-0.15, -0.1) is 0 Å². The topological polar surface area (TPSA) is 104 Å². The molecule has 1 aliphatic heterocycles. The summed E-state index contributed by atoms with van der Waals surface area (Å²) in [7, 11) is 1.59. The third kappa shape index (κ3) is 6.13. The Bertz CT molecular complexity index is 1600. The third-order valence-corrected chi connectivity index (χ3v) is 7.70. The standard InChI is InChI=1S/C32H26N4O4S/c1-40-26-15-12-23(13-16-26)27-17-14-24(19-33)31(34-27)41-21-30(38)35(20-22-8-4-2-5-9-22)28-18-29(37)36(32(28)39)25-10-6-3-7-11-25/h2-17,28H,18,20-21H2,1H3. The molecule has 1 fully saturated rings. The number of pyridine rings is 1. The van der Waals surface area contributed by atoms with E-state index in [0.29, 0.717) is 27.7 Å². The summed E-state index contributed by atoms with van der Waals surface area (Å²) in [5, 5.41) is 10.1. The summed E-state index contributed by atoms with van der Waals surface area (Å²) in [5.74, 6) is -0.477. The molecule has 204 valence electrons. The van der Waals surface area contributed by atoms with Gasteiger partial charge in [-0.05, 0) is 54.1 Å². The Morgan fingerprint density at radius 3 is 2.34 bits per heavy atom. The van der Waals surface area contributed by atoms with E-state index in [9.17, 15) is 19.6 Å². The number of aromatic nitrogens is 1. The number of carbonyl (C=O) groups excluding carboxylic acids is 3. The molecule has 2 heterocycles. The van der Waals surface area contributed by atoms with Gasteiger partial charge < -0.3 is 9.64 Å². The molecule has 4 aromatic rings. The average molecular weight is 563 g/mol. The molecular weight excluding hydrogens is 536 g/mol. The van der Waals surface area contributed by atoms with Gasteiger partial charge in [-0.2, -0.15) is 5.26 Å². The molecule has 1 aromatic heterocycles. The maximum atomic E-state index is 13.7. The van der Waals surface area contributed by atoms with Crippen LogP contribution in [-0.2, 0) is 20.9 Å². The number of carbonyl (C=O) groups is 3. The first-order chi connectivity index (χ1) is 20.0. The molecule has 1 saturated heterocycles. The van der Waals surface area contributed by atoms with E-state index in [0.717, 1.165) is 27.8 Å². The lowest BCUT2D eigenvalue weighted by molar-refractivity contribution is -0.136. The van der Waals surface area contributed by atoms with Gasteiger partial charge in [-0.3, -0.25) is 14.4 Å². The predicted molar refractivity (Wildman–Crippen MR) is 156 cm³/mol. The monoisotopic (exact) mass is 562 g/mol. The molecule has 8 nitrogen and oxygen atoms in total. The zero-order chi connectivity index (χ0) is 28.8. The first-order valence-corrected chi connectivity index (χ1v) is 13.9. The van der Waals surface area contributed by atoms with E-state index >= 15 is 0 Å². The second kappa shape index (κ2) is 12.5. The first-order valence-electron chi connectivity index (χ1n) is 12.9. The second-order valence-corrected chi connectivity index (χ2v) is 10.3. The highest BCUT2D eigenvalue weighted by Gasteiger charge is 2.44. The van der Waals surface area contributed by atoms with Crippen molar-refractivity contribution in [2.24, 2.45) is 0 Å². The Kier molecular flexibility index (Phi) is 8.42. The molecule has 0 bridgehead atoms. The number of rotatable bonds is 9. The molecule has 0 radical (unpaired) electrons. The van der Waals surface area contributed by atoms with Crippen molar-refractivity contribution in [1.29, 1.82) is 5.26 Å². The van der Waals surface area contributed by atoms with Gasteiger partial charge in [-0.25, -0.2) is 9.88 Å². The van der Waals surface area contributed by atoms with Gasteiger partial charge in [0.25, 0.3) is 5.91 Å². The van der Waals surface area contributed by atoms with Crippen LogP contribution in [0.5, 0.6) is 5.75 Å². The van der Waals surface area contributed by atoms with Gasteiger partial charge in [0.1, 0.15) is 22.9 Å². The summed E-state index contributed by atoms with van der Waals surface area (Å²) in [6, 6.07) is 30.1. The van der Waals surface area contributed by atoms with Crippen molar-refractivity contribution < 1.29 is 19.1 Å². The maximum absolute atomic E-state index is 13.7. The molecule has 1 aliphatic rings. The van der Waals surface area contributed by atoms with E-state index in [4.69, 9.17) is 4.74 Å². The molecule has 0 aliphatic carbocycles. The molecule has 41 heavy (non-hydrogen) atoms. The molecule has 5 rings (SSSR count). The molecule has 3 amide bonds. The van der Waals surface area contributed by atoms with Gasteiger partial charge in [0, 0.05) is 12.1 Å². The van der Waals surface area contributed by atoms with Gasteiger partial charge in [0.15, 0.2) is 0 Å². The Hall–Kier alpha value is -4.94. The van der Waals surface area contributed by atoms with Gasteiger partial charge in [-0.1, -0.05) is 60.3 Å². The van der Waals surface area contributed by atoms with Crippen LogP contribution in [-0.4, -0.2) is 46.5 Å².